The number of nitrogens with two attached hydrogens (primary N) is 1. The van der Waals surface area contributed by atoms with Gasteiger partial charge in [-0.2, -0.15) is 18.4 Å². The van der Waals surface area contributed by atoms with E-state index in [1.165, 1.54) is 0 Å². The molecule has 2 aliphatic rings. The molecular weight excluding hydrogens is 541 g/mol. The van der Waals surface area contributed by atoms with Crippen LogP contribution in [0, 0.1) is 11.3 Å². The van der Waals surface area contributed by atoms with Crippen molar-refractivity contribution in [3.63, 3.8) is 0 Å². The van der Waals surface area contributed by atoms with Gasteiger partial charge in [-0.25, -0.2) is 4.99 Å². The summed E-state index contributed by atoms with van der Waals surface area (Å²) in [4.78, 5) is 6.39. The highest BCUT2D eigenvalue weighted by Crippen LogP contribution is 2.38. The van der Waals surface area contributed by atoms with Gasteiger partial charge in [0.1, 0.15) is 17.9 Å². The quantitative estimate of drug-likeness (QED) is 0.160. The Hall–Kier alpha value is -4.43. The number of hydrogen-bond acceptors (Lipinski definition) is 6. The minimum Gasteiger partial charge on any atom is -0.370 e. The number of guanidine groups is 1. The summed E-state index contributed by atoms with van der Waals surface area (Å²) in [5.74, 6) is -0.424. The second-order valence-electron chi connectivity index (χ2n) is 11.3. The largest absolute Gasteiger partial charge is 0.431 e. The summed E-state index contributed by atoms with van der Waals surface area (Å²) < 4.78 is 39.6. The molecule has 0 bridgehead atoms. The predicted octanol–water partition coefficient (Wildman–Crippen LogP) is 5.81. The van der Waals surface area contributed by atoms with Gasteiger partial charge in [-0.3, -0.25) is 0 Å². The fraction of sp³-hybridized carbons (Fsp3) is 0.355. The number of alkyl halides is 3. The van der Waals surface area contributed by atoms with E-state index in [1.54, 1.807) is 24.3 Å². The first-order valence-corrected chi connectivity index (χ1v) is 13.8. The van der Waals surface area contributed by atoms with Crippen molar-refractivity contribution >= 4 is 28.7 Å². The normalized spacial score (nSPS) is 18.6. The molecule has 0 amide bonds. The van der Waals surface area contributed by atoms with Crippen LogP contribution in [0.2, 0.25) is 0 Å². The molecule has 0 saturated carbocycles. The maximum atomic E-state index is 13.2. The Morgan fingerprint density at radius 1 is 1.14 bits per heavy atom. The molecule has 8 nitrogen and oxygen atoms in total. The minimum atomic E-state index is -4.64. The van der Waals surface area contributed by atoms with E-state index in [2.05, 4.69) is 64.6 Å². The van der Waals surface area contributed by atoms with Crippen LogP contribution >= 0.6 is 0 Å². The number of likely N-dealkylation sites (tertiary alicyclic amines) is 1. The molecule has 222 valence electrons. The Morgan fingerprint density at radius 3 is 2.50 bits per heavy atom. The summed E-state index contributed by atoms with van der Waals surface area (Å²) in [6.07, 6.45) is -1.47. The number of benzene rings is 2. The van der Waals surface area contributed by atoms with Gasteiger partial charge in [0.2, 0.25) is 0 Å². The average molecular weight is 579 g/mol. The lowest BCUT2D eigenvalue weighted by Crippen LogP contribution is -2.49. The molecule has 6 N–H and O–H groups in total. The third-order valence-corrected chi connectivity index (χ3v) is 6.85. The highest BCUT2D eigenvalue weighted by Gasteiger charge is 2.34. The van der Waals surface area contributed by atoms with Crippen molar-refractivity contribution in [1.29, 1.82) is 5.26 Å². The van der Waals surface area contributed by atoms with Gasteiger partial charge in [-0.1, -0.05) is 36.9 Å². The van der Waals surface area contributed by atoms with E-state index in [9.17, 15) is 18.4 Å². The number of anilines is 2. The van der Waals surface area contributed by atoms with Crippen LogP contribution in [-0.4, -0.2) is 47.9 Å². The Labute approximate surface area is 244 Å². The van der Waals surface area contributed by atoms with E-state index < -0.39 is 24.0 Å². The average Bonchev–Trinajstić information content (AvgIpc) is 2.91. The second-order valence-corrected chi connectivity index (χ2v) is 11.3. The molecule has 2 aliphatic heterocycles. The van der Waals surface area contributed by atoms with Crippen LogP contribution in [0.4, 0.5) is 30.2 Å². The zero-order valence-electron chi connectivity index (χ0n) is 24.0. The van der Waals surface area contributed by atoms with Gasteiger partial charge in [-0.15, -0.1) is 0 Å². The first-order valence-electron chi connectivity index (χ1n) is 13.8. The zero-order chi connectivity index (χ0) is 30.5. The standard InChI is InChI=1S/C31H37F3N8/c1-5-9-26(31(32,33)34)40-29(36)38-22-11-8-10-21(18-22)37-28-24(19-35)27(23-12-6-7-13-25(23)39-28)42-16-14-20(15-17-42)41-30(2,3)4/h5-13,18,20,28,37,39,41H,1,14-17H2,2-4H3,(H3,36,38,40)/b26-9-. The Kier molecular flexibility index (Phi) is 9.17. The number of piperidine rings is 1. The van der Waals surface area contributed by atoms with Crippen molar-refractivity contribution in [2.45, 2.75) is 57.5 Å². The number of para-hydroxylation sites is 1. The van der Waals surface area contributed by atoms with Crippen LogP contribution in [0.3, 0.4) is 0 Å². The van der Waals surface area contributed by atoms with Crippen LogP contribution in [-0.2, 0) is 0 Å². The molecule has 0 aromatic heterocycles. The summed E-state index contributed by atoms with van der Waals surface area (Å²) in [6, 6.07) is 17.5. The monoisotopic (exact) mass is 578 g/mol. The van der Waals surface area contributed by atoms with E-state index in [0.717, 1.165) is 55.0 Å². The van der Waals surface area contributed by atoms with Crippen LogP contribution < -0.4 is 27.0 Å². The summed E-state index contributed by atoms with van der Waals surface area (Å²) in [5, 5.41) is 22.9. The number of nitriles is 1. The lowest BCUT2D eigenvalue weighted by atomic mass is 9.94. The molecule has 2 aromatic rings. The molecular formula is C31H37F3N8. The first-order chi connectivity index (χ1) is 19.9. The second kappa shape index (κ2) is 12.6. The fourth-order valence-electron chi connectivity index (χ4n) is 5.21. The number of allylic oxidation sites excluding steroid dienone is 3. The van der Waals surface area contributed by atoms with Gasteiger partial charge in [0, 0.05) is 41.6 Å². The van der Waals surface area contributed by atoms with Gasteiger partial charge in [-0.05, 0) is 64.0 Å². The van der Waals surface area contributed by atoms with Crippen molar-refractivity contribution in [1.82, 2.24) is 15.5 Å². The number of hydrogen-bond donors (Lipinski definition) is 5. The summed E-state index contributed by atoms with van der Waals surface area (Å²) >= 11 is 0. The first kappa shape index (κ1) is 30.5. The Bertz CT molecular complexity index is 1420. The molecule has 0 spiro atoms. The third-order valence-electron chi connectivity index (χ3n) is 6.85. The molecule has 42 heavy (non-hydrogen) atoms. The lowest BCUT2D eigenvalue weighted by molar-refractivity contribution is -0.0948. The summed E-state index contributed by atoms with van der Waals surface area (Å²) in [7, 11) is 0. The Morgan fingerprint density at radius 2 is 1.86 bits per heavy atom. The van der Waals surface area contributed by atoms with Crippen LogP contribution in [0.5, 0.6) is 0 Å². The number of fused-ring (bicyclic) bond motifs is 1. The molecule has 0 aliphatic carbocycles. The van der Waals surface area contributed by atoms with Crippen LogP contribution in [0.1, 0.15) is 39.2 Å². The number of aliphatic imine (C=N–C) groups is 1. The van der Waals surface area contributed by atoms with Crippen molar-refractivity contribution in [3.8, 4) is 6.07 Å². The van der Waals surface area contributed by atoms with Crippen LogP contribution in [0.25, 0.3) is 5.70 Å². The number of nitrogens with zero attached hydrogens (tertiary/aromatic N) is 3. The van der Waals surface area contributed by atoms with Crippen LogP contribution in [0.15, 0.2) is 83.5 Å². The SMILES string of the molecule is C=C/C=C(\NC(N)=Nc1cccc(NC2Nc3ccccc3C(N3CCC(NC(C)(C)C)CC3)=C2C#N)c1)C(F)(F)F. The Balaban J connectivity index is 1.58. The fourth-order valence-corrected chi connectivity index (χ4v) is 5.21. The van der Waals surface area contributed by atoms with E-state index in [0.29, 0.717) is 23.0 Å². The lowest BCUT2D eigenvalue weighted by Gasteiger charge is -2.41. The molecule has 2 aromatic carbocycles. The number of nitrogens with one attached hydrogen (secondary N) is 4. The van der Waals surface area contributed by atoms with Crippen molar-refractivity contribution in [2.24, 2.45) is 10.7 Å². The highest BCUT2D eigenvalue weighted by atomic mass is 19.4. The van der Waals surface area contributed by atoms with Gasteiger partial charge in [0.25, 0.3) is 0 Å². The summed E-state index contributed by atoms with van der Waals surface area (Å²) in [6.45, 7) is 11.4. The molecule has 4 rings (SSSR count). The zero-order valence-corrected chi connectivity index (χ0v) is 24.0. The molecule has 1 unspecified atom stereocenters. The minimum absolute atomic E-state index is 0.0303. The summed E-state index contributed by atoms with van der Waals surface area (Å²) in [5.41, 5.74) is 8.99. The highest BCUT2D eigenvalue weighted by molar-refractivity contribution is 5.85. The van der Waals surface area contributed by atoms with Crippen molar-refractivity contribution < 1.29 is 13.2 Å². The molecule has 11 heteroatoms. The molecule has 0 radical (unpaired) electrons. The third kappa shape index (κ3) is 7.64. The van der Waals surface area contributed by atoms with Gasteiger partial charge < -0.3 is 31.9 Å². The van der Waals surface area contributed by atoms with E-state index >= 15 is 0 Å². The van der Waals surface area contributed by atoms with Gasteiger partial charge >= 0.3 is 6.18 Å². The van der Waals surface area contributed by atoms with E-state index in [4.69, 9.17) is 5.73 Å². The van der Waals surface area contributed by atoms with E-state index in [1.807, 2.05) is 24.3 Å². The maximum absolute atomic E-state index is 13.2. The van der Waals surface area contributed by atoms with E-state index in [-0.39, 0.29) is 5.54 Å². The van der Waals surface area contributed by atoms with Crippen molar-refractivity contribution in [2.75, 3.05) is 23.7 Å². The van der Waals surface area contributed by atoms with Gasteiger partial charge in [0.05, 0.1) is 17.0 Å². The maximum Gasteiger partial charge on any atom is 0.431 e. The predicted molar refractivity (Wildman–Crippen MR) is 163 cm³/mol. The smallest absolute Gasteiger partial charge is 0.370 e. The molecule has 1 fully saturated rings. The topological polar surface area (TPSA) is 114 Å². The molecule has 2 heterocycles. The molecule has 1 saturated heterocycles. The van der Waals surface area contributed by atoms with Crippen molar-refractivity contribution in [3.05, 3.63) is 84.1 Å². The number of rotatable bonds is 7. The van der Waals surface area contributed by atoms with Gasteiger partial charge in [0.15, 0.2) is 5.96 Å². The molecule has 1 atom stereocenters. The number of halogens is 3.